The molecule has 0 heterocycles. The first-order valence-electron chi connectivity index (χ1n) is 11.4. The van der Waals surface area contributed by atoms with Gasteiger partial charge in [-0.3, -0.25) is 0 Å². The number of rotatable bonds is 3. The maximum Gasteiger partial charge on any atom is 0.0560 e. The molecule has 0 aromatic heterocycles. The molecule has 0 fully saturated rings. The first-order valence-corrected chi connectivity index (χ1v) is 11.4. The molecule has 0 saturated heterocycles. The second kappa shape index (κ2) is 7.42. The molecule has 4 aliphatic rings. The Morgan fingerprint density at radius 2 is 1.71 bits per heavy atom. The van der Waals surface area contributed by atoms with Gasteiger partial charge < -0.3 is 4.90 Å². The van der Waals surface area contributed by atoms with Gasteiger partial charge in [-0.1, -0.05) is 85.0 Å². The van der Waals surface area contributed by atoms with Gasteiger partial charge >= 0.3 is 0 Å². The molecule has 0 saturated carbocycles. The Hall–Kier alpha value is -3.32. The summed E-state index contributed by atoms with van der Waals surface area (Å²) in [5.74, 6) is 0.878. The predicted octanol–water partition coefficient (Wildman–Crippen LogP) is 7.43. The van der Waals surface area contributed by atoms with E-state index in [2.05, 4.69) is 115 Å². The van der Waals surface area contributed by atoms with Gasteiger partial charge in [0.2, 0.25) is 0 Å². The van der Waals surface area contributed by atoms with Crippen LogP contribution >= 0.6 is 0 Å². The van der Waals surface area contributed by atoms with Crippen LogP contribution < -0.4 is 4.90 Å². The number of para-hydroxylation sites is 1. The van der Waals surface area contributed by atoms with E-state index in [1.54, 1.807) is 0 Å². The minimum Gasteiger partial charge on any atom is -0.334 e. The summed E-state index contributed by atoms with van der Waals surface area (Å²) in [7, 11) is 0. The highest BCUT2D eigenvalue weighted by Crippen LogP contribution is 2.50. The SMILES string of the molecule is CC1=C2C=CCc3ccc(N(c4ccccc4)C4C=CC=CC4)c4c3C2C(C=C1)C=C4. The van der Waals surface area contributed by atoms with Crippen LogP contribution in [0.15, 0.2) is 108 Å². The Morgan fingerprint density at radius 3 is 2.55 bits per heavy atom. The lowest BCUT2D eigenvalue weighted by Crippen LogP contribution is -2.31. The van der Waals surface area contributed by atoms with Crippen LogP contribution in [0.5, 0.6) is 0 Å². The second-order valence-electron chi connectivity index (χ2n) is 8.91. The first kappa shape index (κ1) is 18.4. The third-order valence-electron chi connectivity index (χ3n) is 7.11. The van der Waals surface area contributed by atoms with E-state index in [-0.39, 0.29) is 0 Å². The van der Waals surface area contributed by atoms with Crippen molar-refractivity contribution in [2.24, 2.45) is 5.92 Å². The maximum atomic E-state index is 2.54. The third-order valence-corrected chi connectivity index (χ3v) is 7.11. The second-order valence-corrected chi connectivity index (χ2v) is 8.91. The number of benzene rings is 2. The lowest BCUT2D eigenvalue weighted by molar-refractivity contribution is 0.659. The summed E-state index contributed by atoms with van der Waals surface area (Å²) >= 11 is 0. The Kier molecular flexibility index (Phi) is 4.42. The van der Waals surface area contributed by atoms with Crippen LogP contribution in [0.3, 0.4) is 0 Å². The van der Waals surface area contributed by atoms with Crippen LogP contribution in [0, 0.1) is 5.92 Å². The van der Waals surface area contributed by atoms with Crippen molar-refractivity contribution in [1.82, 2.24) is 0 Å². The summed E-state index contributed by atoms with van der Waals surface area (Å²) < 4.78 is 0. The Bertz CT molecular complexity index is 1200. The number of hydrogen-bond donors (Lipinski definition) is 0. The van der Waals surface area contributed by atoms with Crippen molar-refractivity contribution in [3.05, 3.63) is 125 Å². The maximum absolute atomic E-state index is 2.54. The molecular weight excluding hydrogens is 374 g/mol. The van der Waals surface area contributed by atoms with E-state index in [1.807, 2.05) is 0 Å². The van der Waals surface area contributed by atoms with Crippen LogP contribution in [0.1, 0.15) is 36.0 Å². The van der Waals surface area contributed by atoms with Crippen molar-refractivity contribution in [1.29, 1.82) is 0 Å². The highest BCUT2D eigenvalue weighted by atomic mass is 15.2. The molecule has 1 heteroatoms. The molecule has 31 heavy (non-hydrogen) atoms. The Morgan fingerprint density at radius 1 is 0.839 bits per heavy atom. The van der Waals surface area contributed by atoms with Gasteiger partial charge in [0, 0.05) is 28.8 Å². The molecule has 0 aliphatic heterocycles. The van der Waals surface area contributed by atoms with Crippen molar-refractivity contribution in [3.63, 3.8) is 0 Å². The Labute approximate surface area is 185 Å². The number of nitrogens with zero attached hydrogens (tertiary/aromatic N) is 1. The van der Waals surface area contributed by atoms with Gasteiger partial charge in [0.05, 0.1) is 6.04 Å². The molecule has 0 radical (unpaired) electrons. The van der Waals surface area contributed by atoms with E-state index in [1.165, 1.54) is 39.2 Å². The van der Waals surface area contributed by atoms with Gasteiger partial charge in [-0.25, -0.2) is 0 Å². The number of hydrogen-bond acceptors (Lipinski definition) is 1. The number of anilines is 2. The monoisotopic (exact) mass is 401 g/mol. The zero-order chi connectivity index (χ0) is 20.8. The first-order chi connectivity index (χ1) is 15.3. The molecule has 3 unspecified atom stereocenters. The molecule has 2 aromatic rings. The van der Waals surface area contributed by atoms with Crippen molar-refractivity contribution in [2.75, 3.05) is 4.90 Å². The molecule has 4 aliphatic carbocycles. The summed E-state index contributed by atoms with van der Waals surface area (Å²) in [5.41, 5.74) is 9.86. The smallest absolute Gasteiger partial charge is 0.0560 e. The molecule has 3 atom stereocenters. The summed E-state index contributed by atoms with van der Waals surface area (Å²) in [5, 5.41) is 0. The van der Waals surface area contributed by atoms with Gasteiger partial charge in [-0.15, -0.1) is 0 Å². The molecule has 1 nitrogen and oxygen atoms in total. The molecule has 152 valence electrons. The van der Waals surface area contributed by atoms with E-state index < -0.39 is 0 Å². The fourth-order valence-corrected chi connectivity index (χ4v) is 5.65. The van der Waals surface area contributed by atoms with Crippen LogP contribution in [0.25, 0.3) is 6.08 Å². The van der Waals surface area contributed by atoms with Gasteiger partial charge in [-0.05, 0) is 60.2 Å². The zero-order valence-electron chi connectivity index (χ0n) is 17.9. The summed E-state index contributed by atoms with van der Waals surface area (Å²) in [4.78, 5) is 2.54. The van der Waals surface area contributed by atoms with E-state index in [4.69, 9.17) is 0 Å². The fourth-order valence-electron chi connectivity index (χ4n) is 5.65. The summed E-state index contributed by atoms with van der Waals surface area (Å²) in [6, 6.07) is 15.9. The zero-order valence-corrected chi connectivity index (χ0v) is 17.9. The topological polar surface area (TPSA) is 3.24 Å². The van der Waals surface area contributed by atoms with Crippen molar-refractivity contribution in [3.8, 4) is 0 Å². The molecule has 0 amide bonds. The van der Waals surface area contributed by atoms with Crippen LogP contribution in [0.4, 0.5) is 11.4 Å². The van der Waals surface area contributed by atoms with Gasteiger partial charge in [-0.2, -0.15) is 0 Å². The minimum atomic E-state index is 0.319. The molecule has 0 N–H and O–H groups in total. The Balaban J connectivity index is 1.57. The summed E-state index contributed by atoms with van der Waals surface area (Å²) in [6.45, 7) is 2.26. The quantitative estimate of drug-likeness (QED) is 0.517. The average Bonchev–Trinajstić information content (AvgIpc) is 3.02. The van der Waals surface area contributed by atoms with E-state index in [9.17, 15) is 0 Å². The predicted molar refractivity (Wildman–Crippen MR) is 132 cm³/mol. The molecule has 0 spiro atoms. The number of allylic oxidation sites excluding steroid dienone is 9. The van der Waals surface area contributed by atoms with Gasteiger partial charge in [0.1, 0.15) is 0 Å². The minimum absolute atomic E-state index is 0.319. The standard InChI is InChI=1S/C30H27N/c1-21-15-16-23-17-19-27-28(20-18-22-9-8-14-26(21)29(23)30(22)27)31(24-10-4-2-5-11-24)25-12-6-3-7-13-25/h2-8,10-12,14-20,23,25,29H,9,13H2,1H3. The molecule has 0 bridgehead atoms. The highest BCUT2D eigenvalue weighted by Gasteiger charge is 2.35. The van der Waals surface area contributed by atoms with Gasteiger partial charge in [0.15, 0.2) is 0 Å². The van der Waals surface area contributed by atoms with Gasteiger partial charge in [0.25, 0.3) is 0 Å². The third kappa shape index (κ3) is 2.99. The molecule has 2 aromatic carbocycles. The van der Waals surface area contributed by atoms with E-state index >= 15 is 0 Å². The molecular formula is C30H27N. The van der Waals surface area contributed by atoms with Crippen molar-refractivity contribution in [2.45, 2.75) is 31.7 Å². The largest absolute Gasteiger partial charge is 0.334 e. The summed E-state index contributed by atoms with van der Waals surface area (Å²) in [6.07, 6.45) is 25.2. The van der Waals surface area contributed by atoms with Crippen molar-refractivity contribution >= 4 is 17.5 Å². The fraction of sp³-hybridized carbons (Fsp3) is 0.200. The lowest BCUT2D eigenvalue weighted by atomic mass is 9.70. The van der Waals surface area contributed by atoms with Crippen molar-refractivity contribution < 1.29 is 0 Å². The normalized spacial score (nSPS) is 24.9. The van der Waals surface area contributed by atoms with Crippen LogP contribution in [0.2, 0.25) is 0 Å². The highest BCUT2D eigenvalue weighted by molar-refractivity contribution is 5.81. The van der Waals surface area contributed by atoms with E-state index in [0.717, 1.165) is 12.8 Å². The van der Waals surface area contributed by atoms with E-state index in [0.29, 0.717) is 17.9 Å². The van der Waals surface area contributed by atoms with Crippen LogP contribution in [-0.4, -0.2) is 6.04 Å². The lowest BCUT2D eigenvalue weighted by Gasteiger charge is -2.38. The van der Waals surface area contributed by atoms with Crippen LogP contribution in [-0.2, 0) is 6.42 Å². The average molecular weight is 402 g/mol. The molecule has 6 rings (SSSR count).